The highest BCUT2D eigenvalue weighted by Crippen LogP contribution is 2.27. The van der Waals surface area contributed by atoms with Crippen molar-refractivity contribution in [1.29, 1.82) is 0 Å². The van der Waals surface area contributed by atoms with Crippen LogP contribution < -0.4 is 5.32 Å². The summed E-state index contributed by atoms with van der Waals surface area (Å²) in [6, 6.07) is 0.791. The molecule has 5 nitrogen and oxygen atoms in total. The molecule has 0 aromatic rings. The van der Waals surface area contributed by atoms with Crippen molar-refractivity contribution in [2.45, 2.75) is 68.7 Å². The Balaban J connectivity index is 1.44. The van der Waals surface area contributed by atoms with Crippen LogP contribution in [0.4, 0.5) is 4.79 Å². The highest BCUT2D eigenvalue weighted by molar-refractivity contribution is 7.99. The summed E-state index contributed by atoms with van der Waals surface area (Å²) in [6.45, 7) is 2.46. The van der Waals surface area contributed by atoms with E-state index in [9.17, 15) is 9.59 Å². The van der Waals surface area contributed by atoms with Gasteiger partial charge in [-0.15, -0.1) is 0 Å². The van der Waals surface area contributed by atoms with Crippen molar-refractivity contribution in [3.8, 4) is 0 Å². The molecule has 0 spiro atoms. The lowest BCUT2D eigenvalue weighted by Crippen LogP contribution is -2.52. The highest BCUT2D eigenvalue weighted by Gasteiger charge is 2.32. The molecule has 1 N–H and O–H groups in total. The number of urea groups is 1. The Labute approximate surface area is 143 Å². The molecule has 3 rings (SSSR count). The lowest BCUT2D eigenvalue weighted by molar-refractivity contribution is -0.130. The summed E-state index contributed by atoms with van der Waals surface area (Å²) in [5, 5.41) is 3.93. The largest absolute Gasteiger partial charge is 0.340 e. The van der Waals surface area contributed by atoms with Gasteiger partial charge in [-0.05, 0) is 44.8 Å². The molecule has 0 aromatic heterocycles. The number of carbonyl (C=O) groups is 2. The van der Waals surface area contributed by atoms with Crippen LogP contribution in [0, 0.1) is 0 Å². The van der Waals surface area contributed by atoms with Crippen LogP contribution >= 0.6 is 11.8 Å². The van der Waals surface area contributed by atoms with Gasteiger partial charge >= 0.3 is 6.03 Å². The minimum Gasteiger partial charge on any atom is -0.340 e. The minimum absolute atomic E-state index is 0.1000. The van der Waals surface area contributed by atoms with Gasteiger partial charge in [-0.3, -0.25) is 4.79 Å². The fourth-order valence-corrected chi connectivity index (χ4v) is 5.02. The SMILES string of the molecule is CS[C@@H]1CCC[C@H](NC(=O)N2CCC(N3CCCC3=O)CC2)C1. The topological polar surface area (TPSA) is 52.7 Å². The van der Waals surface area contributed by atoms with E-state index in [1.54, 1.807) is 0 Å². The molecule has 3 aliphatic rings. The first-order valence-electron chi connectivity index (χ1n) is 9.05. The number of nitrogens with one attached hydrogen (secondary N) is 1. The van der Waals surface area contributed by atoms with Crippen LogP contribution in [0.2, 0.25) is 0 Å². The maximum atomic E-state index is 12.5. The summed E-state index contributed by atoms with van der Waals surface area (Å²) in [5.41, 5.74) is 0. The molecule has 0 radical (unpaired) electrons. The minimum atomic E-state index is 0.1000. The second kappa shape index (κ2) is 7.77. The van der Waals surface area contributed by atoms with E-state index in [0.717, 1.165) is 51.7 Å². The van der Waals surface area contributed by atoms with Crippen molar-refractivity contribution in [1.82, 2.24) is 15.1 Å². The average molecular weight is 340 g/mol. The first-order valence-corrected chi connectivity index (χ1v) is 10.3. The molecule has 2 saturated heterocycles. The third-order valence-electron chi connectivity index (χ3n) is 5.59. The molecule has 2 atom stereocenters. The third kappa shape index (κ3) is 4.14. The predicted octanol–water partition coefficient (Wildman–Crippen LogP) is 2.46. The Morgan fingerprint density at radius 2 is 1.91 bits per heavy atom. The van der Waals surface area contributed by atoms with Gasteiger partial charge < -0.3 is 15.1 Å². The average Bonchev–Trinajstić information content (AvgIpc) is 3.01. The van der Waals surface area contributed by atoms with Crippen LogP contribution in [-0.4, -0.2) is 65.0 Å². The molecule has 2 heterocycles. The van der Waals surface area contributed by atoms with E-state index < -0.39 is 0 Å². The zero-order valence-electron chi connectivity index (χ0n) is 14.1. The normalized spacial score (nSPS) is 29.9. The molecule has 1 aliphatic carbocycles. The fourth-order valence-electron chi connectivity index (χ4n) is 4.19. The van der Waals surface area contributed by atoms with Crippen LogP contribution in [0.5, 0.6) is 0 Å². The van der Waals surface area contributed by atoms with Gasteiger partial charge in [0.1, 0.15) is 0 Å². The Morgan fingerprint density at radius 3 is 2.57 bits per heavy atom. The van der Waals surface area contributed by atoms with E-state index in [4.69, 9.17) is 0 Å². The van der Waals surface area contributed by atoms with Gasteiger partial charge in [-0.2, -0.15) is 11.8 Å². The zero-order chi connectivity index (χ0) is 16.2. The van der Waals surface area contributed by atoms with Gasteiger partial charge in [0.05, 0.1) is 0 Å². The van der Waals surface area contributed by atoms with Gasteiger partial charge in [-0.25, -0.2) is 4.79 Å². The van der Waals surface area contributed by atoms with Gasteiger partial charge in [0, 0.05) is 43.4 Å². The molecule has 130 valence electrons. The van der Waals surface area contributed by atoms with E-state index >= 15 is 0 Å². The van der Waals surface area contributed by atoms with Gasteiger partial charge in [0.15, 0.2) is 0 Å². The molecular weight excluding hydrogens is 310 g/mol. The Hall–Kier alpha value is -0.910. The summed E-state index contributed by atoms with van der Waals surface area (Å²) >= 11 is 1.92. The number of rotatable bonds is 3. The Bertz CT molecular complexity index is 438. The summed E-state index contributed by atoms with van der Waals surface area (Å²) in [4.78, 5) is 28.3. The monoisotopic (exact) mass is 339 g/mol. The summed E-state index contributed by atoms with van der Waals surface area (Å²) in [5.74, 6) is 0.304. The lowest BCUT2D eigenvalue weighted by Gasteiger charge is -2.38. The van der Waals surface area contributed by atoms with Crippen LogP contribution in [0.25, 0.3) is 0 Å². The number of carbonyl (C=O) groups excluding carboxylic acids is 2. The van der Waals surface area contributed by atoms with Crippen molar-refractivity contribution >= 4 is 23.7 Å². The third-order valence-corrected chi connectivity index (χ3v) is 6.68. The molecule has 3 amide bonds. The van der Waals surface area contributed by atoms with Crippen LogP contribution in [0.3, 0.4) is 0 Å². The Kier molecular flexibility index (Phi) is 5.72. The van der Waals surface area contributed by atoms with Crippen molar-refractivity contribution in [3.63, 3.8) is 0 Å². The molecular formula is C17H29N3O2S. The molecule has 23 heavy (non-hydrogen) atoms. The maximum Gasteiger partial charge on any atom is 0.317 e. The number of likely N-dealkylation sites (tertiary alicyclic amines) is 2. The summed E-state index contributed by atoms with van der Waals surface area (Å²) in [7, 11) is 0. The number of piperidine rings is 1. The number of nitrogens with zero attached hydrogens (tertiary/aromatic N) is 2. The quantitative estimate of drug-likeness (QED) is 0.859. The van der Waals surface area contributed by atoms with Crippen LogP contribution in [0.1, 0.15) is 51.4 Å². The number of hydrogen-bond acceptors (Lipinski definition) is 3. The van der Waals surface area contributed by atoms with E-state index in [-0.39, 0.29) is 6.03 Å². The predicted molar refractivity (Wildman–Crippen MR) is 93.6 cm³/mol. The number of hydrogen-bond donors (Lipinski definition) is 1. The Morgan fingerprint density at radius 1 is 1.13 bits per heavy atom. The summed E-state index contributed by atoms with van der Waals surface area (Å²) in [6.07, 6.45) is 10.4. The van der Waals surface area contributed by atoms with E-state index in [2.05, 4.69) is 11.6 Å². The molecule has 0 bridgehead atoms. The molecule has 0 aromatic carbocycles. The van der Waals surface area contributed by atoms with Crippen LogP contribution in [-0.2, 0) is 4.79 Å². The summed E-state index contributed by atoms with van der Waals surface area (Å²) < 4.78 is 0. The standard InChI is InChI=1S/C17H29N3O2S/c1-23-15-5-2-4-13(12-15)18-17(22)19-10-7-14(8-11-19)20-9-3-6-16(20)21/h13-15H,2-12H2,1H3,(H,18,22)/t13-,15+/m0/s1. The number of amides is 3. The number of thioether (sulfide) groups is 1. The smallest absolute Gasteiger partial charge is 0.317 e. The first-order chi connectivity index (χ1) is 11.2. The van der Waals surface area contributed by atoms with Crippen molar-refractivity contribution in [2.75, 3.05) is 25.9 Å². The molecule has 2 aliphatic heterocycles. The van der Waals surface area contributed by atoms with Crippen LogP contribution in [0.15, 0.2) is 0 Å². The molecule has 6 heteroatoms. The van der Waals surface area contributed by atoms with Crippen molar-refractivity contribution < 1.29 is 9.59 Å². The van der Waals surface area contributed by atoms with E-state index in [0.29, 0.717) is 29.7 Å². The van der Waals surface area contributed by atoms with Crippen molar-refractivity contribution in [2.24, 2.45) is 0 Å². The van der Waals surface area contributed by atoms with Crippen molar-refractivity contribution in [3.05, 3.63) is 0 Å². The van der Waals surface area contributed by atoms with E-state index in [1.807, 2.05) is 21.6 Å². The van der Waals surface area contributed by atoms with Gasteiger partial charge in [0.25, 0.3) is 0 Å². The molecule has 3 fully saturated rings. The van der Waals surface area contributed by atoms with Gasteiger partial charge in [0.2, 0.25) is 5.91 Å². The second-order valence-corrected chi connectivity index (χ2v) is 8.22. The molecule has 0 unspecified atom stereocenters. The maximum absolute atomic E-state index is 12.5. The van der Waals surface area contributed by atoms with Gasteiger partial charge in [-0.1, -0.05) is 6.42 Å². The second-order valence-electron chi connectivity index (χ2n) is 7.08. The molecule has 1 saturated carbocycles. The first kappa shape index (κ1) is 16.9. The van der Waals surface area contributed by atoms with E-state index in [1.165, 1.54) is 12.8 Å². The highest BCUT2D eigenvalue weighted by atomic mass is 32.2. The zero-order valence-corrected chi connectivity index (χ0v) is 14.9. The lowest BCUT2D eigenvalue weighted by atomic mass is 9.95. The fraction of sp³-hybridized carbons (Fsp3) is 0.882.